The Kier molecular flexibility index (Phi) is 4.90. The van der Waals surface area contributed by atoms with Gasteiger partial charge in [-0.2, -0.15) is 0 Å². The minimum atomic E-state index is -0.130. The zero-order chi connectivity index (χ0) is 18.6. The van der Waals surface area contributed by atoms with E-state index in [1.54, 1.807) is 12.3 Å². The highest BCUT2D eigenvalue weighted by Crippen LogP contribution is 2.33. The van der Waals surface area contributed by atoms with Crippen LogP contribution in [0.1, 0.15) is 23.5 Å². The highest BCUT2D eigenvalue weighted by molar-refractivity contribution is 6.29. The predicted molar refractivity (Wildman–Crippen MR) is 109 cm³/mol. The molecule has 2 aromatic carbocycles. The number of anilines is 1. The van der Waals surface area contributed by atoms with Gasteiger partial charge in [0.25, 0.3) is 0 Å². The number of carbonyl (C=O) groups excluding carboxylic acids is 1. The van der Waals surface area contributed by atoms with Crippen molar-refractivity contribution in [2.24, 2.45) is 0 Å². The Labute approximate surface area is 162 Å². The van der Waals surface area contributed by atoms with E-state index in [1.165, 1.54) is 0 Å². The van der Waals surface area contributed by atoms with E-state index in [2.05, 4.69) is 21.4 Å². The van der Waals surface area contributed by atoms with Gasteiger partial charge in [-0.1, -0.05) is 54.1 Å². The van der Waals surface area contributed by atoms with E-state index in [9.17, 15) is 4.79 Å². The van der Waals surface area contributed by atoms with Gasteiger partial charge in [-0.15, -0.1) is 0 Å². The molecule has 0 spiro atoms. The quantitative estimate of drug-likeness (QED) is 0.460. The summed E-state index contributed by atoms with van der Waals surface area (Å²) in [5, 5.41) is 4.51. The van der Waals surface area contributed by atoms with Gasteiger partial charge in [0.2, 0.25) is 5.91 Å². The molecule has 0 unspecified atom stereocenters. The van der Waals surface area contributed by atoms with Gasteiger partial charge in [0.1, 0.15) is 5.15 Å². The lowest BCUT2D eigenvalue weighted by atomic mass is 9.89. The highest BCUT2D eigenvalue weighted by atomic mass is 35.5. The molecule has 2 aromatic heterocycles. The van der Waals surface area contributed by atoms with Crippen LogP contribution in [0.2, 0.25) is 5.15 Å². The average Bonchev–Trinajstić information content (AvgIpc) is 3.12. The fraction of sp³-hybridized carbons (Fsp3) is 0.0909. The van der Waals surface area contributed by atoms with Crippen molar-refractivity contribution >= 4 is 34.1 Å². The van der Waals surface area contributed by atoms with E-state index in [0.29, 0.717) is 11.6 Å². The second kappa shape index (κ2) is 7.64. The summed E-state index contributed by atoms with van der Waals surface area (Å²) in [4.78, 5) is 20.2. The minimum absolute atomic E-state index is 0.0496. The maximum atomic E-state index is 12.7. The summed E-state index contributed by atoms with van der Waals surface area (Å²) in [5.74, 6) is -0.180. The lowest BCUT2D eigenvalue weighted by Crippen LogP contribution is -2.16. The number of fused-ring (bicyclic) bond motifs is 1. The molecule has 2 N–H and O–H groups in total. The first-order chi connectivity index (χ1) is 13.2. The SMILES string of the molecule is O=C(C[C@H](c1ccc(Cl)nc1)c1c[nH]c2ccccc12)Nc1ccccc1. The molecule has 0 saturated carbocycles. The van der Waals surface area contributed by atoms with Crippen LogP contribution in [-0.4, -0.2) is 15.9 Å². The van der Waals surface area contributed by atoms with Crippen molar-refractivity contribution in [2.45, 2.75) is 12.3 Å². The Morgan fingerprint density at radius 2 is 1.81 bits per heavy atom. The highest BCUT2D eigenvalue weighted by Gasteiger charge is 2.22. The Morgan fingerprint density at radius 3 is 2.59 bits per heavy atom. The molecule has 0 fully saturated rings. The first kappa shape index (κ1) is 17.3. The van der Waals surface area contributed by atoms with Crippen molar-refractivity contribution in [1.82, 2.24) is 9.97 Å². The minimum Gasteiger partial charge on any atom is -0.361 e. The number of aromatic amines is 1. The van der Waals surface area contributed by atoms with Gasteiger partial charge in [0, 0.05) is 41.3 Å². The molecule has 0 radical (unpaired) electrons. The molecule has 0 aliphatic carbocycles. The largest absolute Gasteiger partial charge is 0.361 e. The number of aromatic nitrogens is 2. The molecule has 4 nitrogen and oxygen atoms in total. The number of halogens is 1. The Bertz CT molecular complexity index is 1060. The van der Waals surface area contributed by atoms with Crippen molar-refractivity contribution < 1.29 is 4.79 Å². The molecular weight excluding hydrogens is 358 g/mol. The zero-order valence-electron chi connectivity index (χ0n) is 14.5. The van der Waals surface area contributed by atoms with Crippen LogP contribution in [0.15, 0.2) is 79.1 Å². The Morgan fingerprint density at radius 1 is 1.04 bits per heavy atom. The summed E-state index contributed by atoms with van der Waals surface area (Å²) in [6, 6.07) is 21.2. The summed E-state index contributed by atoms with van der Waals surface area (Å²) < 4.78 is 0. The third-order valence-electron chi connectivity index (χ3n) is 4.60. The monoisotopic (exact) mass is 375 g/mol. The van der Waals surface area contributed by atoms with Crippen LogP contribution in [0.4, 0.5) is 5.69 Å². The van der Waals surface area contributed by atoms with E-state index >= 15 is 0 Å². The number of para-hydroxylation sites is 2. The fourth-order valence-electron chi connectivity index (χ4n) is 3.30. The second-order valence-corrected chi connectivity index (χ2v) is 6.76. The smallest absolute Gasteiger partial charge is 0.225 e. The lowest BCUT2D eigenvalue weighted by Gasteiger charge is -2.17. The third-order valence-corrected chi connectivity index (χ3v) is 4.82. The number of nitrogens with zero attached hydrogens (tertiary/aromatic N) is 1. The normalized spacial score (nSPS) is 12.0. The number of pyridine rings is 1. The molecule has 0 aliphatic rings. The maximum Gasteiger partial charge on any atom is 0.225 e. The number of H-pyrrole nitrogens is 1. The number of hydrogen-bond acceptors (Lipinski definition) is 2. The molecule has 5 heteroatoms. The summed E-state index contributed by atoms with van der Waals surface area (Å²) in [7, 11) is 0. The average molecular weight is 376 g/mol. The first-order valence-electron chi connectivity index (χ1n) is 8.73. The third kappa shape index (κ3) is 3.86. The number of rotatable bonds is 5. The maximum absolute atomic E-state index is 12.7. The molecule has 4 aromatic rings. The van der Waals surface area contributed by atoms with Gasteiger partial charge in [-0.05, 0) is 35.4 Å². The second-order valence-electron chi connectivity index (χ2n) is 6.37. The molecule has 0 aliphatic heterocycles. The summed E-state index contributed by atoms with van der Waals surface area (Å²) in [6.07, 6.45) is 4.02. The van der Waals surface area contributed by atoms with Crippen LogP contribution in [0.25, 0.3) is 10.9 Å². The van der Waals surface area contributed by atoms with E-state index < -0.39 is 0 Å². The Balaban J connectivity index is 1.68. The van der Waals surface area contributed by atoms with E-state index in [1.807, 2.05) is 60.8 Å². The number of hydrogen-bond donors (Lipinski definition) is 2. The fourth-order valence-corrected chi connectivity index (χ4v) is 3.41. The van der Waals surface area contributed by atoms with E-state index in [0.717, 1.165) is 27.7 Å². The van der Waals surface area contributed by atoms with Crippen LogP contribution in [-0.2, 0) is 4.79 Å². The van der Waals surface area contributed by atoms with E-state index in [4.69, 9.17) is 11.6 Å². The lowest BCUT2D eigenvalue weighted by molar-refractivity contribution is -0.116. The molecule has 0 bridgehead atoms. The summed E-state index contributed by atoms with van der Waals surface area (Å²) >= 11 is 5.95. The van der Waals surface area contributed by atoms with Crippen molar-refractivity contribution in [3.05, 3.63) is 95.4 Å². The number of nitrogens with one attached hydrogen (secondary N) is 2. The molecular formula is C22H18ClN3O. The van der Waals surface area contributed by atoms with Crippen molar-refractivity contribution in [3.8, 4) is 0 Å². The molecule has 2 heterocycles. The molecule has 4 rings (SSSR count). The van der Waals surface area contributed by atoms with Crippen LogP contribution >= 0.6 is 11.6 Å². The predicted octanol–water partition coefficient (Wildman–Crippen LogP) is 5.38. The molecule has 27 heavy (non-hydrogen) atoms. The van der Waals surface area contributed by atoms with E-state index in [-0.39, 0.29) is 11.8 Å². The van der Waals surface area contributed by atoms with Gasteiger partial charge in [0.15, 0.2) is 0 Å². The molecule has 1 amide bonds. The number of carbonyl (C=O) groups is 1. The number of benzene rings is 2. The van der Waals surface area contributed by atoms with Gasteiger partial charge in [-0.25, -0.2) is 4.98 Å². The van der Waals surface area contributed by atoms with Crippen molar-refractivity contribution in [1.29, 1.82) is 0 Å². The van der Waals surface area contributed by atoms with Gasteiger partial charge < -0.3 is 10.3 Å². The van der Waals surface area contributed by atoms with Crippen molar-refractivity contribution in [3.63, 3.8) is 0 Å². The van der Waals surface area contributed by atoms with Crippen molar-refractivity contribution in [2.75, 3.05) is 5.32 Å². The molecule has 134 valence electrons. The van der Waals surface area contributed by atoms with Gasteiger partial charge in [0.05, 0.1) is 0 Å². The Hall–Kier alpha value is -3.11. The van der Waals surface area contributed by atoms with Crippen LogP contribution < -0.4 is 5.32 Å². The van der Waals surface area contributed by atoms with Crippen LogP contribution in [0, 0.1) is 0 Å². The van der Waals surface area contributed by atoms with Gasteiger partial charge in [-0.3, -0.25) is 4.79 Å². The summed E-state index contributed by atoms with van der Waals surface area (Å²) in [6.45, 7) is 0. The molecule has 1 atom stereocenters. The first-order valence-corrected chi connectivity index (χ1v) is 9.11. The summed E-state index contributed by atoms with van der Waals surface area (Å²) in [5.41, 5.74) is 3.85. The number of amides is 1. The standard InChI is InChI=1S/C22H18ClN3O/c23-21-11-10-15(13-25-21)18(12-22(27)26-16-6-2-1-3-7-16)19-14-24-20-9-5-4-8-17(19)20/h1-11,13-14,18,24H,12H2,(H,26,27)/t18-/m1/s1. The van der Waals surface area contributed by atoms with Crippen LogP contribution in [0.5, 0.6) is 0 Å². The topological polar surface area (TPSA) is 57.8 Å². The van der Waals surface area contributed by atoms with Gasteiger partial charge >= 0.3 is 0 Å². The zero-order valence-corrected chi connectivity index (χ0v) is 15.3. The molecule has 0 saturated heterocycles. The van der Waals surface area contributed by atoms with Crippen LogP contribution in [0.3, 0.4) is 0 Å².